The lowest BCUT2D eigenvalue weighted by Gasteiger charge is -2.09. The maximum absolute atomic E-state index is 10.5. The van der Waals surface area contributed by atoms with Crippen molar-refractivity contribution in [1.29, 1.82) is 0 Å². The number of nitrogens with zero attached hydrogens (tertiary/aromatic N) is 1. The van der Waals surface area contributed by atoms with Crippen LogP contribution in [0.1, 0.15) is 25.3 Å². The van der Waals surface area contributed by atoms with Gasteiger partial charge in [-0.05, 0) is 21.8 Å². The summed E-state index contributed by atoms with van der Waals surface area (Å²) in [5.74, 6) is 0.122. The molecule has 1 aromatic carbocycles. The molecule has 0 aromatic heterocycles. The molecule has 0 fully saturated rings. The molecule has 0 spiro atoms. The first-order chi connectivity index (χ1) is 6.43. The van der Waals surface area contributed by atoms with E-state index in [0.717, 1.165) is 0 Å². The highest BCUT2D eigenvalue weighted by molar-refractivity contribution is 9.10. The van der Waals surface area contributed by atoms with E-state index < -0.39 is 4.92 Å². The monoisotopic (exact) mass is 259 g/mol. The molecule has 0 radical (unpaired) electrons. The fourth-order valence-corrected chi connectivity index (χ4v) is 1.61. The second kappa shape index (κ2) is 3.96. The average molecular weight is 260 g/mol. The van der Waals surface area contributed by atoms with Crippen LogP contribution in [-0.2, 0) is 0 Å². The Morgan fingerprint density at radius 2 is 2.07 bits per heavy atom. The second-order valence-electron chi connectivity index (χ2n) is 3.28. The zero-order valence-electron chi connectivity index (χ0n) is 7.82. The fraction of sp³-hybridized carbons (Fsp3) is 0.333. The summed E-state index contributed by atoms with van der Waals surface area (Å²) in [6.07, 6.45) is 0. The van der Waals surface area contributed by atoms with Gasteiger partial charge in [0.05, 0.1) is 9.40 Å². The van der Waals surface area contributed by atoms with Crippen molar-refractivity contribution in [3.63, 3.8) is 0 Å². The molecule has 1 rings (SSSR count). The third-order valence-corrected chi connectivity index (χ3v) is 2.51. The third kappa shape index (κ3) is 2.04. The molecule has 0 atom stereocenters. The molecule has 0 heterocycles. The van der Waals surface area contributed by atoms with Crippen LogP contribution in [0.25, 0.3) is 0 Å². The van der Waals surface area contributed by atoms with E-state index in [9.17, 15) is 15.2 Å². The fourth-order valence-electron chi connectivity index (χ4n) is 1.15. The Morgan fingerprint density at radius 3 is 2.50 bits per heavy atom. The zero-order valence-corrected chi connectivity index (χ0v) is 9.41. The summed E-state index contributed by atoms with van der Waals surface area (Å²) in [6, 6.07) is 2.69. The Balaban J connectivity index is 3.35. The predicted molar refractivity (Wildman–Crippen MR) is 56.6 cm³/mol. The topological polar surface area (TPSA) is 63.4 Å². The predicted octanol–water partition coefficient (Wildman–Crippen LogP) is 3.19. The second-order valence-corrected chi connectivity index (χ2v) is 4.13. The maximum Gasteiger partial charge on any atom is 0.271 e. The Labute approximate surface area is 89.8 Å². The number of nitro groups is 1. The van der Waals surface area contributed by atoms with Crippen molar-refractivity contribution in [3.05, 3.63) is 32.3 Å². The van der Waals surface area contributed by atoms with Crippen LogP contribution in [0.4, 0.5) is 5.69 Å². The molecule has 0 aliphatic rings. The SMILES string of the molecule is CC(C)c1cc([N+](=O)[O-])cc(Br)c1O. The van der Waals surface area contributed by atoms with Crippen LogP contribution in [0, 0.1) is 10.1 Å². The molecule has 76 valence electrons. The Morgan fingerprint density at radius 1 is 1.50 bits per heavy atom. The van der Waals surface area contributed by atoms with Gasteiger partial charge in [0.1, 0.15) is 5.75 Å². The minimum atomic E-state index is -0.476. The molecule has 0 saturated carbocycles. The Kier molecular flexibility index (Phi) is 3.10. The summed E-state index contributed by atoms with van der Waals surface area (Å²) in [6.45, 7) is 3.73. The Bertz CT molecular complexity index is 377. The number of halogens is 1. The van der Waals surface area contributed by atoms with Gasteiger partial charge in [-0.3, -0.25) is 10.1 Å². The number of phenols is 1. The first-order valence-electron chi connectivity index (χ1n) is 4.10. The number of non-ortho nitro benzene ring substituents is 1. The van der Waals surface area contributed by atoms with E-state index in [1.54, 1.807) is 0 Å². The highest BCUT2D eigenvalue weighted by Gasteiger charge is 2.16. The summed E-state index contributed by atoms with van der Waals surface area (Å²) >= 11 is 3.08. The molecule has 1 N–H and O–H groups in total. The minimum Gasteiger partial charge on any atom is -0.506 e. The first-order valence-corrected chi connectivity index (χ1v) is 4.89. The lowest BCUT2D eigenvalue weighted by atomic mass is 10.0. The van der Waals surface area contributed by atoms with Crippen molar-refractivity contribution in [2.75, 3.05) is 0 Å². The molecule has 0 aliphatic heterocycles. The van der Waals surface area contributed by atoms with Crippen molar-refractivity contribution >= 4 is 21.6 Å². The van der Waals surface area contributed by atoms with E-state index in [1.165, 1.54) is 12.1 Å². The molecule has 0 amide bonds. The van der Waals surface area contributed by atoms with Crippen molar-refractivity contribution < 1.29 is 10.0 Å². The van der Waals surface area contributed by atoms with Crippen LogP contribution < -0.4 is 0 Å². The number of benzene rings is 1. The molecule has 4 nitrogen and oxygen atoms in total. The molecule has 0 aliphatic carbocycles. The highest BCUT2D eigenvalue weighted by Crippen LogP contribution is 2.36. The van der Waals surface area contributed by atoms with Crippen LogP contribution in [0.5, 0.6) is 5.75 Å². The third-order valence-electron chi connectivity index (χ3n) is 1.91. The van der Waals surface area contributed by atoms with Crippen LogP contribution in [-0.4, -0.2) is 10.0 Å². The van der Waals surface area contributed by atoms with Gasteiger partial charge in [-0.2, -0.15) is 0 Å². The van der Waals surface area contributed by atoms with E-state index in [0.29, 0.717) is 10.0 Å². The average Bonchev–Trinajstić information content (AvgIpc) is 2.08. The van der Waals surface area contributed by atoms with Gasteiger partial charge in [-0.15, -0.1) is 0 Å². The number of rotatable bonds is 2. The maximum atomic E-state index is 10.5. The van der Waals surface area contributed by atoms with Gasteiger partial charge in [-0.1, -0.05) is 13.8 Å². The van der Waals surface area contributed by atoms with Crippen molar-refractivity contribution in [2.45, 2.75) is 19.8 Å². The first kappa shape index (κ1) is 11.0. The van der Waals surface area contributed by atoms with Gasteiger partial charge >= 0.3 is 0 Å². The molecule has 0 bridgehead atoms. The van der Waals surface area contributed by atoms with Crippen molar-refractivity contribution in [3.8, 4) is 5.75 Å². The number of phenolic OH excluding ortho intramolecular Hbond substituents is 1. The zero-order chi connectivity index (χ0) is 10.9. The number of nitro benzene ring substituents is 1. The molecular formula is C9H10BrNO3. The summed E-state index contributed by atoms with van der Waals surface area (Å²) in [4.78, 5) is 10.1. The number of hydrogen-bond acceptors (Lipinski definition) is 3. The lowest BCUT2D eigenvalue weighted by Crippen LogP contribution is -1.94. The summed E-state index contributed by atoms with van der Waals surface area (Å²) in [7, 11) is 0. The Hall–Kier alpha value is -1.10. The van der Waals surface area contributed by atoms with Crippen LogP contribution in [0.3, 0.4) is 0 Å². The summed E-state index contributed by atoms with van der Waals surface area (Å²) in [5.41, 5.74) is 0.560. The summed E-state index contributed by atoms with van der Waals surface area (Å²) in [5, 5.41) is 20.1. The van der Waals surface area contributed by atoms with E-state index in [1.807, 2.05) is 13.8 Å². The van der Waals surface area contributed by atoms with Crippen LogP contribution >= 0.6 is 15.9 Å². The van der Waals surface area contributed by atoms with Crippen LogP contribution in [0.2, 0.25) is 0 Å². The lowest BCUT2D eigenvalue weighted by molar-refractivity contribution is -0.385. The van der Waals surface area contributed by atoms with Crippen molar-refractivity contribution in [2.24, 2.45) is 0 Å². The van der Waals surface area contributed by atoms with E-state index in [4.69, 9.17) is 0 Å². The largest absolute Gasteiger partial charge is 0.506 e. The molecular weight excluding hydrogens is 250 g/mol. The van der Waals surface area contributed by atoms with Gasteiger partial charge in [0.25, 0.3) is 5.69 Å². The quantitative estimate of drug-likeness (QED) is 0.656. The molecule has 5 heteroatoms. The highest BCUT2D eigenvalue weighted by atomic mass is 79.9. The van der Waals surface area contributed by atoms with Gasteiger partial charge < -0.3 is 5.11 Å². The van der Waals surface area contributed by atoms with E-state index in [-0.39, 0.29) is 17.4 Å². The molecule has 0 saturated heterocycles. The van der Waals surface area contributed by atoms with Gasteiger partial charge in [0.15, 0.2) is 0 Å². The van der Waals surface area contributed by atoms with Gasteiger partial charge in [-0.25, -0.2) is 0 Å². The van der Waals surface area contributed by atoms with Crippen molar-refractivity contribution in [1.82, 2.24) is 0 Å². The number of aromatic hydroxyl groups is 1. The van der Waals surface area contributed by atoms with Crippen LogP contribution in [0.15, 0.2) is 16.6 Å². The molecule has 14 heavy (non-hydrogen) atoms. The smallest absolute Gasteiger partial charge is 0.271 e. The molecule has 0 unspecified atom stereocenters. The van der Waals surface area contributed by atoms with Gasteiger partial charge in [0.2, 0.25) is 0 Å². The van der Waals surface area contributed by atoms with Gasteiger partial charge in [0, 0.05) is 17.7 Å². The standard InChI is InChI=1S/C9H10BrNO3/c1-5(2)7-3-6(11(13)14)4-8(10)9(7)12/h3-5,12H,1-2H3. The number of hydrogen-bond donors (Lipinski definition) is 1. The molecule has 1 aromatic rings. The van der Waals surface area contributed by atoms with E-state index >= 15 is 0 Å². The minimum absolute atomic E-state index is 0.0154. The summed E-state index contributed by atoms with van der Waals surface area (Å²) < 4.78 is 0.357. The normalized spacial score (nSPS) is 10.6. The van der Waals surface area contributed by atoms with E-state index in [2.05, 4.69) is 15.9 Å².